The van der Waals surface area contributed by atoms with Crippen molar-refractivity contribution in [3.63, 3.8) is 0 Å². The second-order valence-electron chi connectivity index (χ2n) is 4.68. The van der Waals surface area contributed by atoms with Crippen LogP contribution in [-0.4, -0.2) is 39.5 Å². The van der Waals surface area contributed by atoms with Gasteiger partial charge in [-0.3, -0.25) is 20.0 Å². The molecular weight excluding hydrogens is 258 g/mol. The molecule has 7 nitrogen and oxygen atoms in total. The Bertz CT molecular complexity index is 529. The number of hydrazone groups is 1. The van der Waals surface area contributed by atoms with E-state index < -0.39 is 6.04 Å². The lowest BCUT2D eigenvalue weighted by Crippen LogP contribution is -2.44. The van der Waals surface area contributed by atoms with Gasteiger partial charge in [0.2, 0.25) is 11.7 Å². The van der Waals surface area contributed by atoms with Gasteiger partial charge in [-0.05, 0) is 13.3 Å². The Labute approximate surface area is 116 Å². The Morgan fingerprint density at radius 2 is 2.30 bits per heavy atom. The molecular formula is C13H17N5O2. The lowest BCUT2D eigenvalue weighted by atomic mass is 10.1. The predicted octanol–water partition coefficient (Wildman–Crippen LogP) is 0.292. The third kappa shape index (κ3) is 3.17. The molecule has 0 radical (unpaired) electrons. The smallest absolute Gasteiger partial charge is 0.244 e. The minimum atomic E-state index is -0.500. The Morgan fingerprint density at radius 3 is 2.95 bits per heavy atom. The van der Waals surface area contributed by atoms with E-state index in [2.05, 4.69) is 25.8 Å². The molecule has 1 aromatic rings. The first-order valence-electron chi connectivity index (χ1n) is 6.55. The summed E-state index contributed by atoms with van der Waals surface area (Å²) >= 11 is 0. The summed E-state index contributed by atoms with van der Waals surface area (Å²) in [6.45, 7) is 3.92. The molecule has 1 amide bonds. The number of amides is 1. The molecule has 1 aromatic heterocycles. The number of Topliss-reactive ketones (excluding diaryl/α,β-unsaturated/α-hetero) is 1. The van der Waals surface area contributed by atoms with Gasteiger partial charge in [0.1, 0.15) is 17.4 Å². The zero-order valence-electron chi connectivity index (χ0n) is 11.5. The van der Waals surface area contributed by atoms with E-state index in [0.29, 0.717) is 5.71 Å². The van der Waals surface area contributed by atoms with Gasteiger partial charge in [0.05, 0.1) is 6.20 Å². The van der Waals surface area contributed by atoms with E-state index in [1.165, 1.54) is 18.6 Å². The number of ketones is 1. The maximum atomic E-state index is 12.1. The Kier molecular flexibility index (Phi) is 4.39. The fourth-order valence-electron chi connectivity index (χ4n) is 1.74. The number of hydrogen-bond acceptors (Lipinski definition) is 6. The second kappa shape index (κ2) is 6.23. The molecule has 2 rings (SSSR count). The minimum absolute atomic E-state index is 0.101. The van der Waals surface area contributed by atoms with Crippen LogP contribution in [0.1, 0.15) is 37.2 Å². The predicted molar refractivity (Wildman–Crippen MR) is 73.2 cm³/mol. The van der Waals surface area contributed by atoms with E-state index in [1.54, 1.807) is 0 Å². The summed E-state index contributed by atoms with van der Waals surface area (Å²) in [6.07, 6.45) is 5.44. The summed E-state index contributed by atoms with van der Waals surface area (Å²) in [6, 6.07) is -0.399. The topological polar surface area (TPSA) is 96.3 Å². The van der Waals surface area contributed by atoms with E-state index in [0.717, 1.165) is 6.42 Å². The van der Waals surface area contributed by atoms with E-state index >= 15 is 0 Å². The normalized spacial score (nSPS) is 18.9. The van der Waals surface area contributed by atoms with Crippen LogP contribution in [-0.2, 0) is 4.79 Å². The van der Waals surface area contributed by atoms with Gasteiger partial charge in [0.25, 0.3) is 0 Å². The van der Waals surface area contributed by atoms with Gasteiger partial charge in [0, 0.05) is 24.9 Å². The highest BCUT2D eigenvalue weighted by Crippen LogP contribution is 2.08. The fraction of sp³-hybridized carbons (Fsp3) is 0.462. The number of carbonyl (C=O) groups excluding carboxylic acids is 2. The molecule has 7 heteroatoms. The number of nitrogens with zero attached hydrogens (tertiary/aromatic N) is 3. The molecule has 0 saturated heterocycles. The van der Waals surface area contributed by atoms with Crippen LogP contribution in [0, 0.1) is 0 Å². The van der Waals surface area contributed by atoms with Gasteiger partial charge in [-0.15, -0.1) is 0 Å². The SMILES string of the molecule is CCC(C)NC(=O)C1CC(C(=O)c2cnccn2)=NN1. The number of rotatable bonds is 5. The van der Waals surface area contributed by atoms with Crippen molar-refractivity contribution < 1.29 is 9.59 Å². The molecule has 2 atom stereocenters. The monoisotopic (exact) mass is 275 g/mol. The molecule has 2 unspecified atom stereocenters. The number of nitrogens with one attached hydrogen (secondary N) is 2. The van der Waals surface area contributed by atoms with Crippen LogP contribution in [0.15, 0.2) is 23.7 Å². The first-order chi connectivity index (χ1) is 9.61. The fourth-order valence-corrected chi connectivity index (χ4v) is 1.74. The summed E-state index contributed by atoms with van der Waals surface area (Å²) in [5.74, 6) is -0.450. The van der Waals surface area contributed by atoms with E-state index in [1.807, 2.05) is 13.8 Å². The number of hydrogen-bond donors (Lipinski definition) is 2. The minimum Gasteiger partial charge on any atom is -0.352 e. The molecule has 2 N–H and O–H groups in total. The number of aromatic nitrogens is 2. The zero-order chi connectivity index (χ0) is 14.5. The van der Waals surface area contributed by atoms with Crippen LogP contribution >= 0.6 is 0 Å². The lowest BCUT2D eigenvalue weighted by molar-refractivity contribution is -0.123. The van der Waals surface area contributed by atoms with E-state index in [4.69, 9.17) is 0 Å². The first kappa shape index (κ1) is 14.1. The summed E-state index contributed by atoms with van der Waals surface area (Å²) in [7, 11) is 0. The van der Waals surface area contributed by atoms with Gasteiger partial charge >= 0.3 is 0 Å². The molecule has 0 fully saturated rings. The van der Waals surface area contributed by atoms with Crippen molar-refractivity contribution in [1.29, 1.82) is 0 Å². The quantitative estimate of drug-likeness (QED) is 0.753. The van der Waals surface area contributed by atoms with Crippen LogP contribution < -0.4 is 10.7 Å². The largest absolute Gasteiger partial charge is 0.352 e. The summed E-state index contributed by atoms with van der Waals surface area (Å²) in [5, 5.41) is 6.79. The molecule has 0 saturated carbocycles. The van der Waals surface area contributed by atoms with Gasteiger partial charge in [-0.1, -0.05) is 6.92 Å². The Morgan fingerprint density at radius 1 is 1.50 bits per heavy atom. The average Bonchev–Trinajstić information content (AvgIpc) is 2.97. The van der Waals surface area contributed by atoms with Crippen LogP contribution in [0.3, 0.4) is 0 Å². The van der Waals surface area contributed by atoms with E-state index in [9.17, 15) is 9.59 Å². The van der Waals surface area contributed by atoms with Gasteiger partial charge < -0.3 is 5.32 Å². The van der Waals surface area contributed by atoms with Gasteiger partial charge in [-0.2, -0.15) is 5.10 Å². The molecule has 0 spiro atoms. The van der Waals surface area contributed by atoms with Crippen LogP contribution in [0.4, 0.5) is 0 Å². The van der Waals surface area contributed by atoms with Crippen molar-refractivity contribution in [1.82, 2.24) is 20.7 Å². The van der Waals surface area contributed by atoms with Crippen LogP contribution in [0.25, 0.3) is 0 Å². The average molecular weight is 275 g/mol. The molecule has 1 aliphatic rings. The third-order valence-electron chi connectivity index (χ3n) is 3.13. The third-order valence-corrected chi connectivity index (χ3v) is 3.13. The summed E-state index contributed by atoms with van der Waals surface area (Å²) < 4.78 is 0. The highest BCUT2D eigenvalue weighted by Gasteiger charge is 2.30. The lowest BCUT2D eigenvalue weighted by Gasteiger charge is -2.15. The van der Waals surface area contributed by atoms with Gasteiger partial charge in [-0.25, -0.2) is 4.98 Å². The molecule has 1 aliphatic heterocycles. The van der Waals surface area contributed by atoms with E-state index in [-0.39, 0.29) is 29.8 Å². The van der Waals surface area contributed by atoms with Crippen molar-refractivity contribution in [3.05, 3.63) is 24.3 Å². The molecule has 0 aliphatic carbocycles. The molecule has 2 heterocycles. The second-order valence-corrected chi connectivity index (χ2v) is 4.68. The molecule has 106 valence electrons. The maximum absolute atomic E-state index is 12.1. The Hall–Kier alpha value is -2.31. The van der Waals surface area contributed by atoms with Crippen molar-refractivity contribution in [2.75, 3.05) is 0 Å². The standard InChI is InChI=1S/C13H17N5O2/c1-3-8(2)16-13(20)10-6-9(17-18-10)12(19)11-7-14-4-5-15-11/h4-5,7-8,10,18H,3,6H2,1-2H3,(H,16,20). The van der Waals surface area contributed by atoms with Gasteiger partial charge in [0.15, 0.2) is 0 Å². The molecule has 20 heavy (non-hydrogen) atoms. The van der Waals surface area contributed by atoms with Crippen LogP contribution in [0.5, 0.6) is 0 Å². The number of carbonyl (C=O) groups is 2. The highest BCUT2D eigenvalue weighted by atomic mass is 16.2. The Balaban J connectivity index is 1.95. The highest BCUT2D eigenvalue weighted by molar-refractivity contribution is 6.46. The molecule has 0 aromatic carbocycles. The van der Waals surface area contributed by atoms with Crippen molar-refractivity contribution in [2.24, 2.45) is 5.10 Å². The maximum Gasteiger partial charge on any atom is 0.244 e. The first-order valence-corrected chi connectivity index (χ1v) is 6.55. The summed E-state index contributed by atoms with van der Waals surface area (Å²) in [5.41, 5.74) is 3.23. The van der Waals surface area contributed by atoms with Crippen molar-refractivity contribution >= 4 is 17.4 Å². The van der Waals surface area contributed by atoms with Crippen molar-refractivity contribution in [2.45, 2.75) is 38.8 Å². The summed E-state index contributed by atoms with van der Waals surface area (Å²) in [4.78, 5) is 31.8. The molecule has 0 bridgehead atoms. The van der Waals surface area contributed by atoms with Crippen molar-refractivity contribution in [3.8, 4) is 0 Å². The van der Waals surface area contributed by atoms with Crippen LogP contribution in [0.2, 0.25) is 0 Å². The zero-order valence-corrected chi connectivity index (χ0v) is 11.5.